The molecule has 0 fully saturated rings. The highest BCUT2D eigenvalue weighted by Gasteiger charge is 2.31. The molecule has 96 valence electrons. The van der Waals surface area contributed by atoms with Crippen molar-refractivity contribution in [1.82, 2.24) is 0 Å². The zero-order valence-electron chi connectivity index (χ0n) is 9.70. The molecule has 2 N–H and O–H groups in total. The number of benzene rings is 2. The fraction of sp³-hybridized carbons (Fsp3) is 0.0714. The van der Waals surface area contributed by atoms with Crippen molar-refractivity contribution in [2.75, 3.05) is 5.73 Å². The average Bonchev–Trinajstić information content (AvgIpc) is 2.38. The molecule has 0 radical (unpaired) electrons. The Morgan fingerprint density at radius 3 is 2.16 bits per heavy atom. The lowest BCUT2D eigenvalue weighted by atomic mass is 9.98. The summed E-state index contributed by atoms with van der Waals surface area (Å²) in [6, 6.07) is 11.5. The fourth-order valence-electron chi connectivity index (χ4n) is 1.73. The largest absolute Gasteiger partial charge is 0.416 e. The van der Waals surface area contributed by atoms with E-state index < -0.39 is 11.7 Å². The Bertz CT molecular complexity index is 637. The van der Waals surface area contributed by atoms with Crippen molar-refractivity contribution in [3.05, 3.63) is 53.6 Å². The number of hydrogen-bond donors (Lipinski definition) is 1. The van der Waals surface area contributed by atoms with Gasteiger partial charge in [-0.25, -0.2) is 0 Å². The second-order valence-corrected chi connectivity index (χ2v) is 3.99. The minimum absolute atomic E-state index is 0.0143. The van der Waals surface area contributed by atoms with Crippen molar-refractivity contribution in [1.29, 1.82) is 5.26 Å². The first-order valence-electron chi connectivity index (χ1n) is 5.39. The van der Waals surface area contributed by atoms with E-state index in [0.29, 0.717) is 16.8 Å². The van der Waals surface area contributed by atoms with Gasteiger partial charge < -0.3 is 5.73 Å². The standard InChI is InChI=1S/C14H9F3N2/c15-14(16,17)11-3-6-13(10(7-11)8-18)9-1-4-12(19)5-2-9/h1-7H,19H2. The molecular weight excluding hydrogens is 253 g/mol. The molecule has 2 nitrogen and oxygen atoms in total. The van der Waals surface area contributed by atoms with Gasteiger partial charge in [0, 0.05) is 5.69 Å². The lowest BCUT2D eigenvalue weighted by Gasteiger charge is -2.10. The van der Waals surface area contributed by atoms with Gasteiger partial charge in [-0.1, -0.05) is 18.2 Å². The van der Waals surface area contributed by atoms with E-state index in [1.54, 1.807) is 30.3 Å². The van der Waals surface area contributed by atoms with Gasteiger partial charge in [-0.15, -0.1) is 0 Å². The number of nitrogen functional groups attached to an aromatic ring is 1. The Morgan fingerprint density at radius 2 is 1.63 bits per heavy atom. The van der Waals surface area contributed by atoms with Gasteiger partial charge in [0.25, 0.3) is 0 Å². The summed E-state index contributed by atoms with van der Waals surface area (Å²) in [6.45, 7) is 0. The van der Waals surface area contributed by atoms with Crippen LogP contribution in [0.1, 0.15) is 11.1 Å². The lowest BCUT2D eigenvalue weighted by Crippen LogP contribution is -2.05. The van der Waals surface area contributed by atoms with Gasteiger partial charge in [0.15, 0.2) is 0 Å². The number of hydrogen-bond acceptors (Lipinski definition) is 2. The smallest absolute Gasteiger partial charge is 0.399 e. The molecule has 0 atom stereocenters. The first kappa shape index (κ1) is 13.0. The molecule has 0 amide bonds. The van der Waals surface area contributed by atoms with Gasteiger partial charge in [0.1, 0.15) is 0 Å². The number of nitriles is 1. The average molecular weight is 262 g/mol. The summed E-state index contributed by atoms with van der Waals surface area (Å²) in [5.74, 6) is 0. The Labute approximate surface area is 107 Å². The van der Waals surface area contributed by atoms with E-state index in [-0.39, 0.29) is 5.56 Å². The number of halogens is 3. The summed E-state index contributed by atoms with van der Waals surface area (Å²) in [5.41, 5.74) is 6.35. The van der Waals surface area contributed by atoms with Crippen LogP contribution in [-0.2, 0) is 6.18 Å². The second kappa shape index (κ2) is 4.65. The monoisotopic (exact) mass is 262 g/mol. The fourth-order valence-corrected chi connectivity index (χ4v) is 1.73. The van der Waals surface area contributed by atoms with Gasteiger partial charge in [0.05, 0.1) is 17.2 Å². The summed E-state index contributed by atoms with van der Waals surface area (Å²) in [6.07, 6.45) is -4.45. The zero-order valence-corrected chi connectivity index (χ0v) is 9.70. The third-order valence-electron chi connectivity index (χ3n) is 2.69. The third-order valence-corrected chi connectivity index (χ3v) is 2.69. The van der Waals surface area contributed by atoms with E-state index in [0.717, 1.165) is 12.1 Å². The summed E-state index contributed by atoms with van der Waals surface area (Å²) in [7, 11) is 0. The molecule has 0 bridgehead atoms. The lowest BCUT2D eigenvalue weighted by molar-refractivity contribution is -0.137. The first-order valence-corrected chi connectivity index (χ1v) is 5.39. The predicted molar refractivity (Wildman–Crippen MR) is 66.0 cm³/mol. The van der Waals surface area contributed by atoms with Crippen LogP contribution >= 0.6 is 0 Å². The van der Waals surface area contributed by atoms with E-state index in [1.807, 2.05) is 0 Å². The zero-order chi connectivity index (χ0) is 14.0. The summed E-state index contributed by atoms with van der Waals surface area (Å²) in [5, 5.41) is 8.98. The Hall–Kier alpha value is -2.48. The van der Waals surface area contributed by atoms with Crippen molar-refractivity contribution in [3.63, 3.8) is 0 Å². The molecule has 0 aromatic heterocycles. The molecular formula is C14H9F3N2. The van der Waals surface area contributed by atoms with Crippen LogP contribution in [0.3, 0.4) is 0 Å². The van der Waals surface area contributed by atoms with Crippen molar-refractivity contribution < 1.29 is 13.2 Å². The number of nitrogens with zero attached hydrogens (tertiary/aromatic N) is 1. The number of nitrogens with two attached hydrogens (primary N) is 1. The van der Waals surface area contributed by atoms with Crippen LogP contribution in [0, 0.1) is 11.3 Å². The van der Waals surface area contributed by atoms with E-state index >= 15 is 0 Å². The minimum atomic E-state index is -4.45. The topological polar surface area (TPSA) is 49.8 Å². The van der Waals surface area contributed by atoms with E-state index in [9.17, 15) is 13.2 Å². The highest BCUT2D eigenvalue weighted by atomic mass is 19.4. The molecule has 5 heteroatoms. The molecule has 2 aromatic rings. The normalized spacial score (nSPS) is 11.1. The second-order valence-electron chi connectivity index (χ2n) is 3.99. The molecule has 2 rings (SSSR count). The maximum absolute atomic E-state index is 12.6. The summed E-state index contributed by atoms with van der Waals surface area (Å²) < 4.78 is 37.7. The van der Waals surface area contributed by atoms with Gasteiger partial charge in [-0.05, 0) is 35.4 Å². The maximum atomic E-state index is 12.6. The molecule has 19 heavy (non-hydrogen) atoms. The minimum Gasteiger partial charge on any atom is -0.399 e. The van der Waals surface area contributed by atoms with Crippen molar-refractivity contribution in [3.8, 4) is 17.2 Å². The molecule has 0 aliphatic carbocycles. The van der Waals surface area contributed by atoms with Gasteiger partial charge in [-0.3, -0.25) is 0 Å². The first-order chi connectivity index (χ1) is 8.91. The number of anilines is 1. The molecule has 0 spiro atoms. The van der Waals surface area contributed by atoms with Crippen molar-refractivity contribution >= 4 is 5.69 Å². The predicted octanol–water partition coefficient (Wildman–Crippen LogP) is 3.83. The Kier molecular flexibility index (Phi) is 3.17. The van der Waals surface area contributed by atoms with E-state index in [4.69, 9.17) is 11.0 Å². The van der Waals surface area contributed by atoms with Crippen LogP contribution in [0.15, 0.2) is 42.5 Å². The van der Waals surface area contributed by atoms with Crippen LogP contribution < -0.4 is 5.73 Å². The summed E-state index contributed by atoms with van der Waals surface area (Å²) in [4.78, 5) is 0. The van der Waals surface area contributed by atoms with E-state index in [2.05, 4.69) is 0 Å². The number of alkyl halides is 3. The van der Waals surface area contributed by atoms with Crippen molar-refractivity contribution in [2.24, 2.45) is 0 Å². The van der Waals surface area contributed by atoms with Crippen LogP contribution in [0.4, 0.5) is 18.9 Å². The molecule has 0 aliphatic heterocycles. The molecule has 2 aromatic carbocycles. The molecule has 0 unspecified atom stereocenters. The van der Waals surface area contributed by atoms with Crippen LogP contribution in [0.25, 0.3) is 11.1 Å². The number of rotatable bonds is 1. The van der Waals surface area contributed by atoms with Gasteiger partial charge >= 0.3 is 6.18 Å². The molecule has 0 heterocycles. The highest BCUT2D eigenvalue weighted by Crippen LogP contribution is 2.33. The van der Waals surface area contributed by atoms with Crippen LogP contribution in [0.5, 0.6) is 0 Å². The van der Waals surface area contributed by atoms with Crippen LogP contribution in [-0.4, -0.2) is 0 Å². The van der Waals surface area contributed by atoms with Gasteiger partial charge in [-0.2, -0.15) is 18.4 Å². The maximum Gasteiger partial charge on any atom is 0.416 e. The molecule has 0 aliphatic rings. The summed E-state index contributed by atoms with van der Waals surface area (Å²) >= 11 is 0. The molecule has 0 saturated carbocycles. The van der Waals surface area contributed by atoms with Gasteiger partial charge in [0.2, 0.25) is 0 Å². The SMILES string of the molecule is N#Cc1cc(C(F)(F)F)ccc1-c1ccc(N)cc1. The Balaban J connectivity index is 2.54. The Morgan fingerprint density at radius 1 is 1.00 bits per heavy atom. The third kappa shape index (κ3) is 2.68. The van der Waals surface area contributed by atoms with Crippen molar-refractivity contribution in [2.45, 2.75) is 6.18 Å². The highest BCUT2D eigenvalue weighted by molar-refractivity contribution is 5.72. The van der Waals surface area contributed by atoms with E-state index in [1.165, 1.54) is 6.07 Å². The molecule has 0 saturated heterocycles. The van der Waals surface area contributed by atoms with Crippen LogP contribution in [0.2, 0.25) is 0 Å². The quantitative estimate of drug-likeness (QED) is 0.794.